The highest BCUT2D eigenvalue weighted by molar-refractivity contribution is 7.25. The van der Waals surface area contributed by atoms with Crippen LogP contribution >= 0.6 is 11.3 Å². The van der Waals surface area contributed by atoms with E-state index < -0.39 is 5.41 Å². The lowest BCUT2D eigenvalue weighted by Crippen LogP contribution is -2.28. The Morgan fingerprint density at radius 1 is 0.367 bits per heavy atom. The lowest BCUT2D eigenvalue weighted by atomic mass is 9.67. The summed E-state index contributed by atoms with van der Waals surface area (Å²) in [7, 11) is 0. The fourth-order valence-corrected chi connectivity index (χ4v) is 11.8. The summed E-state index contributed by atoms with van der Waals surface area (Å²) >= 11 is 1.87. The minimum atomic E-state index is -0.503. The summed E-state index contributed by atoms with van der Waals surface area (Å²) in [5, 5.41) is 2.61. The summed E-state index contributed by atoms with van der Waals surface area (Å²) in [6, 6.07) is 79.3. The maximum atomic E-state index is 2.50. The van der Waals surface area contributed by atoms with Gasteiger partial charge >= 0.3 is 0 Å². The van der Waals surface area contributed by atoms with Gasteiger partial charge in [0.2, 0.25) is 0 Å². The Kier molecular flexibility index (Phi) is 7.73. The number of hydrogen-bond donors (Lipinski definition) is 0. The van der Waals surface area contributed by atoms with E-state index in [2.05, 4.69) is 231 Å². The van der Waals surface area contributed by atoms with Crippen molar-refractivity contribution in [2.75, 3.05) is 4.90 Å². The molecule has 0 amide bonds. The van der Waals surface area contributed by atoms with E-state index in [-0.39, 0.29) is 5.41 Å². The molecule has 1 nitrogen and oxygen atoms in total. The number of anilines is 3. The van der Waals surface area contributed by atoms with Gasteiger partial charge in [0.15, 0.2) is 0 Å². The highest BCUT2D eigenvalue weighted by Gasteiger charge is 2.46. The Labute approximate surface area is 355 Å². The highest BCUT2D eigenvalue weighted by Crippen LogP contribution is 2.58. The SMILES string of the molecule is CC1(C)c2ccc(N(c3ccc4c(c3)C(c3ccccc3)(c3ccccc3)c3ccccc3-4)c3ccc4c(c3)sc3ccccc34)cc2-c2c(-c3ccccc3)cccc21. The second kappa shape index (κ2) is 13.3. The average molecular weight is 784 g/mol. The molecule has 1 aromatic heterocycles. The van der Waals surface area contributed by atoms with E-state index in [0.717, 1.165) is 17.1 Å². The molecule has 0 bridgehead atoms. The lowest BCUT2D eigenvalue weighted by molar-refractivity contribution is 0.660. The summed E-state index contributed by atoms with van der Waals surface area (Å²) in [5.41, 5.74) is 18.4. The molecule has 0 radical (unpaired) electrons. The molecule has 0 unspecified atom stereocenters. The van der Waals surface area contributed by atoms with E-state index in [9.17, 15) is 0 Å². The number of benzene rings is 9. The Bertz CT molecular complexity index is 3250. The molecule has 60 heavy (non-hydrogen) atoms. The van der Waals surface area contributed by atoms with Crippen LogP contribution in [0.1, 0.15) is 47.2 Å². The molecule has 0 fully saturated rings. The summed E-state index contributed by atoms with van der Waals surface area (Å²) < 4.78 is 2.60. The summed E-state index contributed by atoms with van der Waals surface area (Å²) in [6.45, 7) is 4.76. The van der Waals surface area contributed by atoms with Crippen LogP contribution in [-0.2, 0) is 10.8 Å². The van der Waals surface area contributed by atoms with Crippen molar-refractivity contribution in [3.63, 3.8) is 0 Å². The first-order valence-corrected chi connectivity index (χ1v) is 21.7. The van der Waals surface area contributed by atoms with E-state index in [1.165, 1.54) is 86.9 Å². The van der Waals surface area contributed by atoms with Crippen LogP contribution in [0, 0.1) is 0 Å². The molecule has 0 spiro atoms. The molecule has 9 aromatic carbocycles. The molecule has 1 heterocycles. The van der Waals surface area contributed by atoms with Gasteiger partial charge in [-0.15, -0.1) is 11.3 Å². The maximum Gasteiger partial charge on any atom is 0.0714 e. The lowest BCUT2D eigenvalue weighted by Gasteiger charge is -2.35. The summed E-state index contributed by atoms with van der Waals surface area (Å²) in [4.78, 5) is 2.50. The zero-order valence-electron chi connectivity index (χ0n) is 33.6. The molecule has 0 saturated carbocycles. The van der Waals surface area contributed by atoms with Gasteiger partial charge in [-0.2, -0.15) is 0 Å². The van der Waals surface area contributed by atoms with Gasteiger partial charge in [-0.1, -0.05) is 184 Å². The zero-order chi connectivity index (χ0) is 40.0. The first kappa shape index (κ1) is 35.0. The maximum absolute atomic E-state index is 2.50. The third-order valence-corrected chi connectivity index (χ3v) is 14.5. The van der Waals surface area contributed by atoms with Crippen LogP contribution in [-0.4, -0.2) is 0 Å². The van der Waals surface area contributed by atoms with Crippen molar-refractivity contribution < 1.29 is 0 Å². The highest BCUT2D eigenvalue weighted by atomic mass is 32.1. The van der Waals surface area contributed by atoms with Crippen LogP contribution in [0.15, 0.2) is 212 Å². The predicted octanol–water partition coefficient (Wildman–Crippen LogP) is 15.9. The van der Waals surface area contributed by atoms with Crippen molar-refractivity contribution in [2.24, 2.45) is 0 Å². The van der Waals surface area contributed by atoms with Crippen LogP contribution in [0.25, 0.3) is 53.6 Å². The summed E-state index contributed by atoms with van der Waals surface area (Å²) in [6.07, 6.45) is 0. The molecule has 0 saturated heterocycles. The van der Waals surface area contributed by atoms with E-state index in [4.69, 9.17) is 0 Å². The van der Waals surface area contributed by atoms with Crippen molar-refractivity contribution in [1.29, 1.82) is 0 Å². The number of rotatable bonds is 6. The Hall–Kier alpha value is -7.00. The standard InChI is InChI=1S/C58H41NS/c1-57(2)50-34-31-41(35-49(50)56-44(25-16-27-52(56)57)38-17-6-3-7-18-38)59(43-30-33-48-47-24-13-15-28-54(47)60-55(48)37-43)42-29-32-46-45-23-12-14-26-51(45)58(53(46)36-42,39-19-8-4-9-20-39)40-21-10-5-11-22-40/h3-37H,1-2H3. The third kappa shape index (κ3) is 4.98. The van der Waals surface area contributed by atoms with Crippen molar-refractivity contribution in [3.05, 3.63) is 246 Å². The van der Waals surface area contributed by atoms with Gasteiger partial charge in [0.05, 0.1) is 5.41 Å². The normalized spacial score (nSPS) is 14.1. The molecular weight excluding hydrogens is 743 g/mol. The number of nitrogens with zero attached hydrogens (tertiary/aromatic N) is 1. The Morgan fingerprint density at radius 2 is 0.933 bits per heavy atom. The van der Waals surface area contributed by atoms with Gasteiger partial charge in [0.1, 0.15) is 0 Å². The second-order valence-corrected chi connectivity index (χ2v) is 17.9. The minimum Gasteiger partial charge on any atom is -0.310 e. The van der Waals surface area contributed by atoms with Gasteiger partial charge < -0.3 is 4.90 Å². The average Bonchev–Trinajstić information content (AvgIpc) is 3.90. The van der Waals surface area contributed by atoms with Crippen molar-refractivity contribution in [2.45, 2.75) is 24.7 Å². The van der Waals surface area contributed by atoms with Gasteiger partial charge in [-0.3, -0.25) is 0 Å². The molecule has 10 aromatic rings. The van der Waals surface area contributed by atoms with E-state index in [0.29, 0.717) is 0 Å². The molecule has 12 rings (SSSR count). The number of thiophene rings is 1. The second-order valence-electron chi connectivity index (χ2n) is 16.8. The van der Waals surface area contributed by atoms with Crippen LogP contribution in [0.5, 0.6) is 0 Å². The van der Waals surface area contributed by atoms with Crippen LogP contribution in [0.3, 0.4) is 0 Å². The molecule has 0 aliphatic heterocycles. The monoisotopic (exact) mass is 783 g/mol. The fraction of sp³-hybridized carbons (Fsp3) is 0.0690. The van der Waals surface area contributed by atoms with E-state index >= 15 is 0 Å². The van der Waals surface area contributed by atoms with Crippen LogP contribution in [0.2, 0.25) is 0 Å². The van der Waals surface area contributed by atoms with Crippen LogP contribution in [0.4, 0.5) is 17.1 Å². The Balaban J connectivity index is 1.13. The molecular formula is C58H41NS. The van der Waals surface area contributed by atoms with Gasteiger partial charge in [-0.25, -0.2) is 0 Å². The van der Waals surface area contributed by atoms with Crippen LogP contribution < -0.4 is 4.90 Å². The summed E-state index contributed by atoms with van der Waals surface area (Å²) in [5.74, 6) is 0. The van der Waals surface area contributed by atoms with Crippen molar-refractivity contribution in [1.82, 2.24) is 0 Å². The molecule has 2 aliphatic rings. The van der Waals surface area contributed by atoms with Crippen molar-refractivity contribution in [3.8, 4) is 33.4 Å². The molecule has 2 aliphatic carbocycles. The number of fused-ring (bicyclic) bond motifs is 9. The largest absolute Gasteiger partial charge is 0.310 e. The quantitative estimate of drug-likeness (QED) is 0.162. The van der Waals surface area contributed by atoms with Gasteiger partial charge in [-0.05, 0) is 109 Å². The van der Waals surface area contributed by atoms with E-state index in [1.54, 1.807) is 0 Å². The van der Waals surface area contributed by atoms with Gasteiger partial charge in [0.25, 0.3) is 0 Å². The predicted molar refractivity (Wildman–Crippen MR) is 254 cm³/mol. The molecule has 284 valence electrons. The molecule has 0 N–H and O–H groups in total. The molecule has 2 heteroatoms. The minimum absolute atomic E-state index is 0.140. The first-order valence-electron chi connectivity index (χ1n) is 20.9. The molecule has 0 atom stereocenters. The van der Waals surface area contributed by atoms with Gasteiger partial charge in [0, 0.05) is 42.6 Å². The third-order valence-electron chi connectivity index (χ3n) is 13.3. The first-order chi connectivity index (χ1) is 29.5. The smallest absolute Gasteiger partial charge is 0.0714 e. The number of hydrogen-bond acceptors (Lipinski definition) is 2. The topological polar surface area (TPSA) is 3.24 Å². The Morgan fingerprint density at radius 3 is 1.72 bits per heavy atom. The van der Waals surface area contributed by atoms with E-state index in [1.807, 2.05) is 11.3 Å². The zero-order valence-corrected chi connectivity index (χ0v) is 34.4. The van der Waals surface area contributed by atoms with Crippen molar-refractivity contribution >= 4 is 48.6 Å². The fourth-order valence-electron chi connectivity index (χ4n) is 10.7.